The van der Waals surface area contributed by atoms with Gasteiger partial charge in [0.15, 0.2) is 0 Å². The molecule has 4 nitrogen and oxygen atoms in total. The summed E-state index contributed by atoms with van der Waals surface area (Å²) in [5, 5.41) is 9.05. The molecule has 0 fully saturated rings. The molecule has 0 unspecified atom stereocenters. The van der Waals surface area contributed by atoms with Gasteiger partial charge in [0, 0.05) is 0 Å². The third-order valence-electron chi connectivity index (χ3n) is 2.37. The summed E-state index contributed by atoms with van der Waals surface area (Å²) in [5.74, 6) is 0.345. The summed E-state index contributed by atoms with van der Waals surface area (Å²) in [6.45, 7) is 6.64. The van der Waals surface area contributed by atoms with E-state index in [-0.39, 0.29) is 11.5 Å². The summed E-state index contributed by atoms with van der Waals surface area (Å²) in [6.07, 6.45) is 1.51. The SMILES string of the molecule is CCOc1cccc(/C=C(\C#N)C(=O)OCC(C)C)c1. The van der Waals surface area contributed by atoms with Crippen molar-refractivity contribution in [1.82, 2.24) is 0 Å². The number of benzene rings is 1. The molecular weight excluding hydrogens is 254 g/mol. The molecule has 106 valence electrons. The number of carbonyl (C=O) groups is 1. The van der Waals surface area contributed by atoms with Gasteiger partial charge in [-0.3, -0.25) is 0 Å². The average molecular weight is 273 g/mol. The van der Waals surface area contributed by atoms with Gasteiger partial charge in [-0.2, -0.15) is 5.26 Å². The molecule has 20 heavy (non-hydrogen) atoms. The van der Waals surface area contributed by atoms with Crippen molar-refractivity contribution in [3.05, 3.63) is 35.4 Å². The molecule has 0 radical (unpaired) electrons. The maximum Gasteiger partial charge on any atom is 0.348 e. The summed E-state index contributed by atoms with van der Waals surface area (Å²) in [7, 11) is 0. The predicted octanol–water partition coefficient (Wildman–Crippen LogP) is 3.19. The Morgan fingerprint density at radius 1 is 1.45 bits per heavy atom. The van der Waals surface area contributed by atoms with E-state index in [1.165, 1.54) is 6.08 Å². The summed E-state index contributed by atoms with van der Waals surface area (Å²) < 4.78 is 10.4. The fraction of sp³-hybridized carbons (Fsp3) is 0.375. The highest BCUT2D eigenvalue weighted by atomic mass is 16.5. The van der Waals surface area contributed by atoms with Crippen LogP contribution in [0.5, 0.6) is 5.75 Å². The predicted molar refractivity (Wildman–Crippen MR) is 77.0 cm³/mol. The van der Waals surface area contributed by atoms with Crippen LogP contribution in [-0.4, -0.2) is 19.2 Å². The summed E-state index contributed by atoms with van der Waals surface area (Å²) in [5.41, 5.74) is 0.716. The second-order valence-corrected chi connectivity index (χ2v) is 4.67. The number of ether oxygens (including phenoxy) is 2. The summed E-state index contributed by atoms with van der Waals surface area (Å²) in [6, 6.07) is 9.08. The molecule has 0 saturated heterocycles. The number of esters is 1. The van der Waals surface area contributed by atoms with Crippen molar-refractivity contribution in [2.75, 3.05) is 13.2 Å². The average Bonchev–Trinajstić information content (AvgIpc) is 2.43. The highest BCUT2D eigenvalue weighted by molar-refractivity contribution is 5.97. The molecule has 0 aliphatic heterocycles. The molecule has 1 aromatic rings. The monoisotopic (exact) mass is 273 g/mol. The molecule has 0 saturated carbocycles. The molecule has 1 rings (SSSR count). The van der Waals surface area contributed by atoms with Crippen molar-refractivity contribution >= 4 is 12.0 Å². The maximum atomic E-state index is 11.7. The number of rotatable bonds is 6. The number of carbonyl (C=O) groups excluding carboxylic acids is 1. The lowest BCUT2D eigenvalue weighted by Crippen LogP contribution is -2.11. The van der Waals surface area contributed by atoms with Gasteiger partial charge in [0.2, 0.25) is 0 Å². The number of nitrogens with zero attached hydrogens (tertiary/aromatic N) is 1. The lowest BCUT2D eigenvalue weighted by atomic mass is 10.1. The Balaban J connectivity index is 2.86. The van der Waals surface area contributed by atoms with Crippen molar-refractivity contribution in [1.29, 1.82) is 5.26 Å². The van der Waals surface area contributed by atoms with Crippen LogP contribution in [-0.2, 0) is 9.53 Å². The van der Waals surface area contributed by atoms with Crippen LogP contribution in [0.4, 0.5) is 0 Å². The molecule has 0 N–H and O–H groups in total. The number of hydrogen-bond acceptors (Lipinski definition) is 4. The van der Waals surface area contributed by atoms with Crippen molar-refractivity contribution in [3.8, 4) is 11.8 Å². The van der Waals surface area contributed by atoms with E-state index < -0.39 is 5.97 Å². The first-order chi connectivity index (χ1) is 9.56. The molecule has 0 bridgehead atoms. The molecule has 0 spiro atoms. The summed E-state index contributed by atoms with van der Waals surface area (Å²) in [4.78, 5) is 11.7. The smallest absolute Gasteiger partial charge is 0.348 e. The first-order valence-corrected chi connectivity index (χ1v) is 6.58. The van der Waals surface area contributed by atoms with Crippen LogP contribution in [0.25, 0.3) is 6.08 Å². The third-order valence-corrected chi connectivity index (χ3v) is 2.37. The molecule has 0 aromatic heterocycles. The standard InChI is InChI=1S/C16H19NO3/c1-4-19-15-7-5-6-13(9-15)8-14(10-17)16(18)20-11-12(2)3/h5-9,12H,4,11H2,1-3H3/b14-8+. The molecular formula is C16H19NO3. The topological polar surface area (TPSA) is 59.3 Å². The number of nitriles is 1. The second-order valence-electron chi connectivity index (χ2n) is 4.67. The maximum absolute atomic E-state index is 11.7. The van der Waals surface area contributed by atoms with Crippen molar-refractivity contribution in [3.63, 3.8) is 0 Å². The quantitative estimate of drug-likeness (QED) is 0.453. The Morgan fingerprint density at radius 2 is 2.20 bits per heavy atom. The lowest BCUT2D eigenvalue weighted by molar-refractivity contribution is -0.139. The van der Waals surface area contributed by atoms with Gasteiger partial charge in [-0.15, -0.1) is 0 Å². The fourth-order valence-corrected chi connectivity index (χ4v) is 1.48. The van der Waals surface area contributed by atoms with Crippen LogP contribution in [0.3, 0.4) is 0 Å². The van der Waals surface area contributed by atoms with Gasteiger partial charge in [0.1, 0.15) is 17.4 Å². The van der Waals surface area contributed by atoms with E-state index in [0.717, 1.165) is 5.56 Å². The second kappa shape index (κ2) is 8.00. The molecule has 1 aromatic carbocycles. The Bertz CT molecular complexity index is 527. The fourth-order valence-electron chi connectivity index (χ4n) is 1.48. The van der Waals surface area contributed by atoms with Crippen LogP contribution in [0.1, 0.15) is 26.3 Å². The molecule has 4 heteroatoms. The minimum Gasteiger partial charge on any atom is -0.494 e. The van der Waals surface area contributed by atoms with E-state index in [0.29, 0.717) is 19.0 Å². The van der Waals surface area contributed by atoms with Gasteiger partial charge in [-0.1, -0.05) is 26.0 Å². The molecule has 0 aliphatic carbocycles. The highest BCUT2D eigenvalue weighted by Gasteiger charge is 2.11. The van der Waals surface area contributed by atoms with Gasteiger partial charge in [-0.05, 0) is 36.6 Å². The first-order valence-electron chi connectivity index (χ1n) is 6.58. The van der Waals surface area contributed by atoms with Crippen molar-refractivity contribution < 1.29 is 14.3 Å². The Morgan fingerprint density at radius 3 is 2.80 bits per heavy atom. The largest absolute Gasteiger partial charge is 0.494 e. The zero-order chi connectivity index (χ0) is 15.0. The number of hydrogen-bond donors (Lipinski definition) is 0. The zero-order valence-electron chi connectivity index (χ0n) is 12.1. The van der Waals surface area contributed by atoms with Gasteiger partial charge < -0.3 is 9.47 Å². The van der Waals surface area contributed by atoms with E-state index in [9.17, 15) is 4.79 Å². The lowest BCUT2D eigenvalue weighted by Gasteiger charge is -2.06. The van der Waals surface area contributed by atoms with Crippen LogP contribution < -0.4 is 4.74 Å². The molecule has 0 aliphatic rings. The van der Waals surface area contributed by atoms with E-state index >= 15 is 0 Å². The minimum atomic E-state index is -0.594. The Hall–Kier alpha value is -2.28. The third kappa shape index (κ3) is 5.15. The van der Waals surface area contributed by atoms with E-state index in [1.54, 1.807) is 12.1 Å². The highest BCUT2D eigenvalue weighted by Crippen LogP contribution is 2.16. The van der Waals surface area contributed by atoms with Gasteiger partial charge >= 0.3 is 5.97 Å². The van der Waals surface area contributed by atoms with Crippen molar-refractivity contribution in [2.45, 2.75) is 20.8 Å². The molecule has 0 atom stereocenters. The van der Waals surface area contributed by atoms with Crippen LogP contribution >= 0.6 is 0 Å². The van der Waals surface area contributed by atoms with Crippen LogP contribution in [0, 0.1) is 17.2 Å². The zero-order valence-corrected chi connectivity index (χ0v) is 12.1. The van der Waals surface area contributed by atoms with Gasteiger partial charge in [0.25, 0.3) is 0 Å². The van der Waals surface area contributed by atoms with Crippen LogP contribution in [0.2, 0.25) is 0 Å². The van der Waals surface area contributed by atoms with E-state index in [2.05, 4.69) is 0 Å². The Labute approximate surface area is 119 Å². The van der Waals surface area contributed by atoms with Crippen molar-refractivity contribution in [2.24, 2.45) is 5.92 Å². The molecule has 0 amide bonds. The first kappa shape index (κ1) is 15.8. The van der Waals surface area contributed by atoms with Gasteiger partial charge in [-0.25, -0.2) is 4.79 Å². The normalized spacial score (nSPS) is 11.1. The Kier molecular flexibility index (Phi) is 6.31. The van der Waals surface area contributed by atoms with E-state index in [4.69, 9.17) is 14.7 Å². The summed E-state index contributed by atoms with van der Waals surface area (Å²) >= 11 is 0. The van der Waals surface area contributed by atoms with E-state index in [1.807, 2.05) is 39.0 Å². The van der Waals surface area contributed by atoms with Crippen LogP contribution in [0.15, 0.2) is 29.8 Å². The van der Waals surface area contributed by atoms with Gasteiger partial charge in [0.05, 0.1) is 13.2 Å². The molecule has 0 heterocycles. The minimum absolute atomic E-state index is 0.0145.